The first-order valence-corrected chi connectivity index (χ1v) is 10.2. The van der Waals surface area contributed by atoms with Gasteiger partial charge in [-0.2, -0.15) is 14.1 Å². The van der Waals surface area contributed by atoms with Crippen LogP contribution in [0, 0.1) is 4.77 Å². The van der Waals surface area contributed by atoms with E-state index in [4.69, 9.17) is 12.2 Å². The Morgan fingerprint density at radius 2 is 2.13 bits per heavy atom. The molecule has 0 spiro atoms. The molecule has 0 unspecified atom stereocenters. The molecule has 0 aromatic carbocycles. The van der Waals surface area contributed by atoms with Crippen LogP contribution >= 0.6 is 23.6 Å². The van der Waals surface area contributed by atoms with E-state index in [0.717, 1.165) is 19.6 Å². The van der Waals surface area contributed by atoms with Gasteiger partial charge in [0.2, 0.25) is 4.77 Å². The summed E-state index contributed by atoms with van der Waals surface area (Å²) in [4.78, 5) is 1.29. The molecule has 7 nitrogen and oxygen atoms in total. The highest BCUT2D eigenvalue weighted by molar-refractivity contribution is 7.91. The summed E-state index contributed by atoms with van der Waals surface area (Å²) in [7, 11) is -3.33. The van der Waals surface area contributed by atoms with Crippen LogP contribution in [0.25, 0.3) is 0 Å². The first kappa shape index (κ1) is 16.8. The van der Waals surface area contributed by atoms with Crippen LogP contribution in [0.15, 0.2) is 28.0 Å². The number of nitrogens with one attached hydrogen (secondary N) is 1. The van der Waals surface area contributed by atoms with Crippen molar-refractivity contribution in [1.29, 1.82) is 0 Å². The molecular formula is C13H20N5O2S3+. The fourth-order valence-corrected chi connectivity index (χ4v) is 5.52. The van der Waals surface area contributed by atoms with Gasteiger partial charge in [0, 0.05) is 6.54 Å². The molecule has 1 aliphatic heterocycles. The third kappa shape index (κ3) is 3.41. The minimum absolute atomic E-state index is 0.421. The lowest BCUT2D eigenvalue weighted by Gasteiger charge is -2.30. The number of hydrogen-bond acceptors (Lipinski definition) is 5. The smallest absolute Gasteiger partial charge is 0.252 e. The quantitative estimate of drug-likeness (QED) is 0.751. The summed E-state index contributed by atoms with van der Waals surface area (Å²) < 4.78 is 31.5. The fraction of sp³-hybridized carbons (Fsp3) is 0.538. The van der Waals surface area contributed by atoms with Crippen molar-refractivity contribution >= 4 is 33.6 Å². The van der Waals surface area contributed by atoms with E-state index >= 15 is 0 Å². The Bertz CT molecular complexity index is 801. The van der Waals surface area contributed by atoms with Crippen LogP contribution in [0.4, 0.5) is 0 Å². The lowest BCUT2D eigenvalue weighted by atomic mass is 10.4. The van der Waals surface area contributed by atoms with Crippen molar-refractivity contribution in [2.45, 2.75) is 24.3 Å². The number of aryl methyl sites for hydroxylation is 1. The number of hydrogen-bond donors (Lipinski definition) is 1. The maximum absolute atomic E-state index is 12.5. The molecule has 0 aliphatic carbocycles. The van der Waals surface area contributed by atoms with E-state index in [1.165, 1.54) is 16.2 Å². The van der Waals surface area contributed by atoms with E-state index < -0.39 is 10.0 Å². The molecule has 0 bridgehead atoms. The predicted octanol–water partition coefficient (Wildman–Crippen LogP) is 0.0424. The molecule has 1 fully saturated rings. The zero-order chi connectivity index (χ0) is 16.4. The minimum Gasteiger partial charge on any atom is -0.314 e. The Balaban J connectivity index is 1.62. The average molecular weight is 375 g/mol. The summed E-state index contributed by atoms with van der Waals surface area (Å²) in [6.45, 7) is 6.08. The molecule has 0 radical (unpaired) electrons. The standard InChI is InChI=1S/C13H19N5O2S3/c1-2-16-10-14-18(13(16)21)11-15-5-7-17(8-6-15)23(19,20)12-4-3-9-22-12/h3-4,9-10H,2,5-8,11H2,1H3/p+1. The Morgan fingerprint density at radius 1 is 1.39 bits per heavy atom. The molecule has 2 aromatic heterocycles. The Hall–Kier alpha value is -1.07. The zero-order valence-corrected chi connectivity index (χ0v) is 15.3. The van der Waals surface area contributed by atoms with Crippen LogP contribution in [0.3, 0.4) is 0 Å². The van der Waals surface area contributed by atoms with Gasteiger partial charge in [0.25, 0.3) is 10.0 Å². The van der Waals surface area contributed by atoms with Crippen LogP contribution in [0.2, 0.25) is 0 Å². The summed E-state index contributed by atoms with van der Waals surface area (Å²) in [6, 6.07) is 3.43. The molecular weight excluding hydrogens is 354 g/mol. The Morgan fingerprint density at radius 3 is 2.70 bits per heavy atom. The lowest BCUT2D eigenvalue weighted by Crippen LogP contribution is -3.14. The van der Waals surface area contributed by atoms with Gasteiger partial charge in [-0.3, -0.25) is 0 Å². The van der Waals surface area contributed by atoms with Crippen LogP contribution < -0.4 is 4.90 Å². The molecule has 0 saturated carbocycles. The topological polar surface area (TPSA) is 64.6 Å². The number of sulfonamides is 1. The molecule has 0 atom stereocenters. The second-order valence-corrected chi connectivity index (χ2v) is 8.92. The normalized spacial score (nSPS) is 17.6. The fourth-order valence-electron chi connectivity index (χ4n) is 2.65. The van der Waals surface area contributed by atoms with Crippen molar-refractivity contribution in [3.8, 4) is 0 Å². The van der Waals surface area contributed by atoms with Crippen LogP contribution in [0.5, 0.6) is 0 Å². The molecule has 126 valence electrons. The van der Waals surface area contributed by atoms with Gasteiger partial charge < -0.3 is 9.47 Å². The number of thiophene rings is 1. The van der Waals surface area contributed by atoms with Gasteiger partial charge in [0.1, 0.15) is 10.5 Å². The number of quaternary nitrogens is 1. The van der Waals surface area contributed by atoms with Crippen LogP contribution in [-0.4, -0.2) is 53.2 Å². The van der Waals surface area contributed by atoms with Gasteiger partial charge >= 0.3 is 0 Å². The van der Waals surface area contributed by atoms with Gasteiger partial charge in [-0.15, -0.1) is 11.3 Å². The van der Waals surface area contributed by atoms with E-state index in [1.807, 2.05) is 16.2 Å². The van der Waals surface area contributed by atoms with Crippen molar-refractivity contribution in [3.63, 3.8) is 0 Å². The second kappa shape index (κ2) is 6.81. The summed E-state index contributed by atoms with van der Waals surface area (Å²) in [5, 5.41) is 6.11. The van der Waals surface area contributed by atoms with Crippen molar-refractivity contribution in [3.05, 3.63) is 28.6 Å². The van der Waals surface area contributed by atoms with E-state index in [2.05, 4.69) is 5.10 Å². The van der Waals surface area contributed by atoms with E-state index in [0.29, 0.717) is 28.7 Å². The van der Waals surface area contributed by atoms with Gasteiger partial charge in [0.15, 0.2) is 6.67 Å². The third-order valence-electron chi connectivity index (χ3n) is 4.03. The van der Waals surface area contributed by atoms with Crippen LogP contribution in [-0.2, 0) is 23.2 Å². The molecule has 2 aromatic rings. The van der Waals surface area contributed by atoms with E-state index in [9.17, 15) is 8.42 Å². The molecule has 1 saturated heterocycles. The molecule has 1 aliphatic rings. The van der Waals surface area contributed by atoms with Gasteiger partial charge in [0.05, 0.1) is 26.2 Å². The first-order chi connectivity index (χ1) is 11.0. The highest BCUT2D eigenvalue weighted by atomic mass is 32.2. The van der Waals surface area contributed by atoms with Crippen molar-refractivity contribution in [2.24, 2.45) is 0 Å². The third-order valence-corrected chi connectivity index (χ3v) is 7.75. The number of piperazine rings is 1. The number of aromatic nitrogens is 3. The maximum Gasteiger partial charge on any atom is 0.252 e. The van der Waals surface area contributed by atoms with Crippen LogP contribution in [0.1, 0.15) is 6.92 Å². The van der Waals surface area contributed by atoms with E-state index in [1.54, 1.807) is 28.1 Å². The Kier molecular flexibility index (Phi) is 4.97. The zero-order valence-electron chi connectivity index (χ0n) is 12.9. The molecule has 3 heterocycles. The van der Waals surface area contributed by atoms with E-state index in [-0.39, 0.29) is 0 Å². The highest BCUT2D eigenvalue weighted by Gasteiger charge is 2.31. The molecule has 1 N–H and O–H groups in total. The predicted molar refractivity (Wildman–Crippen MR) is 90.5 cm³/mol. The average Bonchev–Trinajstić information content (AvgIpc) is 3.19. The van der Waals surface area contributed by atoms with Crippen molar-refractivity contribution < 1.29 is 13.3 Å². The summed E-state index contributed by atoms with van der Waals surface area (Å²) >= 11 is 6.64. The molecule has 3 rings (SSSR count). The molecule has 0 amide bonds. The SMILES string of the molecule is CCn1cnn(C[NH+]2CCN(S(=O)(=O)c3cccs3)CC2)c1=S. The summed E-state index contributed by atoms with van der Waals surface area (Å²) in [6.07, 6.45) is 1.75. The summed E-state index contributed by atoms with van der Waals surface area (Å²) in [5.74, 6) is 0. The van der Waals surface area contributed by atoms with Crippen molar-refractivity contribution in [2.75, 3.05) is 26.2 Å². The lowest BCUT2D eigenvalue weighted by molar-refractivity contribution is -0.926. The largest absolute Gasteiger partial charge is 0.314 e. The molecule has 10 heteroatoms. The number of rotatable bonds is 5. The van der Waals surface area contributed by atoms with Gasteiger partial charge in [-0.1, -0.05) is 6.07 Å². The summed E-state index contributed by atoms with van der Waals surface area (Å²) in [5.41, 5.74) is 0. The second-order valence-electron chi connectivity index (χ2n) is 5.44. The highest BCUT2D eigenvalue weighted by Crippen LogP contribution is 2.20. The minimum atomic E-state index is -3.33. The van der Waals surface area contributed by atoms with Crippen molar-refractivity contribution in [1.82, 2.24) is 18.7 Å². The first-order valence-electron chi connectivity index (χ1n) is 7.52. The monoisotopic (exact) mass is 374 g/mol. The Labute approximate surface area is 144 Å². The molecule has 23 heavy (non-hydrogen) atoms. The van der Waals surface area contributed by atoms with Gasteiger partial charge in [-0.05, 0) is 30.6 Å². The number of nitrogens with zero attached hydrogens (tertiary/aromatic N) is 4. The maximum atomic E-state index is 12.5. The van der Waals surface area contributed by atoms with Gasteiger partial charge in [-0.25, -0.2) is 8.42 Å².